The lowest BCUT2D eigenvalue weighted by Crippen LogP contribution is -2.16. The van der Waals surface area contributed by atoms with Gasteiger partial charge >= 0.3 is 17.9 Å². The molecular weight excluding hydrogens is 290 g/mol. The highest BCUT2D eigenvalue weighted by Gasteiger charge is 2.20. The van der Waals surface area contributed by atoms with Gasteiger partial charge in [0.1, 0.15) is 12.2 Å². The predicted molar refractivity (Wildman–Crippen MR) is 59.1 cm³/mol. The van der Waals surface area contributed by atoms with Crippen LogP contribution in [0.1, 0.15) is 16.8 Å². The second-order valence-corrected chi connectivity index (χ2v) is 3.89. The van der Waals surface area contributed by atoms with E-state index in [1.165, 1.54) is 0 Å². The van der Waals surface area contributed by atoms with E-state index in [9.17, 15) is 18.8 Å². The summed E-state index contributed by atoms with van der Waals surface area (Å²) in [6.07, 6.45) is -0.987. The lowest BCUT2D eigenvalue weighted by Gasteiger charge is -2.04. The predicted octanol–water partition coefficient (Wildman–Crippen LogP) is 2.29. The van der Waals surface area contributed by atoms with Crippen LogP contribution in [0.4, 0.5) is 4.39 Å². The van der Waals surface area contributed by atoms with E-state index < -0.39 is 35.7 Å². The third-order valence-corrected chi connectivity index (χ3v) is 2.33. The maximum Gasteiger partial charge on any atom is 0.347 e. The van der Waals surface area contributed by atoms with Crippen molar-refractivity contribution in [1.29, 1.82) is 0 Å². The molecule has 0 heterocycles. The number of carbonyl (C=O) groups is 3. The molecule has 0 radical (unpaired) electrons. The molecule has 5 nitrogen and oxygen atoms in total. The van der Waals surface area contributed by atoms with Crippen molar-refractivity contribution < 1.29 is 28.6 Å². The molecule has 0 aromatic heterocycles. The Morgan fingerprint density at radius 2 is 1.83 bits per heavy atom. The zero-order valence-electron chi connectivity index (χ0n) is 8.58. The van der Waals surface area contributed by atoms with E-state index in [4.69, 9.17) is 28.3 Å². The molecular formula is C10H5Cl2FO5. The summed E-state index contributed by atoms with van der Waals surface area (Å²) < 4.78 is 17.3. The smallest absolute Gasteiger partial charge is 0.347 e. The van der Waals surface area contributed by atoms with Crippen molar-refractivity contribution in [2.24, 2.45) is 0 Å². The van der Waals surface area contributed by atoms with Crippen LogP contribution in [0.25, 0.3) is 0 Å². The van der Waals surface area contributed by atoms with Crippen molar-refractivity contribution in [3.8, 4) is 0 Å². The second-order valence-electron chi connectivity index (χ2n) is 3.08. The zero-order valence-corrected chi connectivity index (χ0v) is 10.1. The fraction of sp³-hybridized carbons (Fsp3) is 0.100. The maximum atomic E-state index is 13.1. The molecule has 1 N–H and O–H groups in total. The number of rotatable bonds is 3. The van der Waals surface area contributed by atoms with E-state index in [1.807, 2.05) is 0 Å². The van der Waals surface area contributed by atoms with Crippen LogP contribution >= 0.6 is 23.2 Å². The molecule has 0 amide bonds. The van der Waals surface area contributed by atoms with Gasteiger partial charge in [-0.05, 0) is 12.1 Å². The van der Waals surface area contributed by atoms with Crippen molar-refractivity contribution in [3.63, 3.8) is 0 Å². The van der Waals surface area contributed by atoms with E-state index in [0.717, 1.165) is 6.07 Å². The Morgan fingerprint density at radius 3 is 2.39 bits per heavy atom. The molecule has 0 aliphatic carbocycles. The number of esters is 2. The minimum Gasteiger partial charge on any atom is -0.481 e. The van der Waals surface area contributed by atoms with Gasteiger partial charge in [-0.1, -0.05) is 23.2 Å². The zero-order chi connectivity index (χ0) is 13.9. The van der Waals surface area contributed by atoms with Crippen LogP contribution in [0, 0.1) is 5.82 Å². The molecule has 1 rings (SSSR count). The Balaban J connectivity index is 2.88. The van der Waals surface area contributed by atoms with Crippen LogP contribution in [0.15, 0.2) is 12.1 Å². The van der Waals surface area contributed by atoms with E-state index >= 15 is 0 Å². The van der Waals surface area contributed by atoms with Crippen molar-refractivity contribution in [2.75, 3.05) is 0 Å². The Bertz CT molecular complexity index is 529. The minimum absolute atomic E-state index is 0.213. The topological polar surface area (TPSA) is 80.7 Å². The van der Waals surface area contributed by atoms with Gasteiger partial charge in [-0.2, -0.15) is 0 Å². The lowest BCUT2D eigenvalue weighted by atomic mass is 10.2. The quantitative estimate of drug-likeness (QED) is 0.525. The van der Waals surface area contributed by atoms with Crippen LogP contribution in [-0.2, 0) is 14.3 Å². The first-order valence-electron chi connectivity index (χ1n) is 4.42. The average Bonchev–Trinajstić information content (AvgIpc) is 2.21. The van der Waals surface area contributed by atoms with Gasteiger partial charge in [0.15, 0.2) is 0 Å². The largest absolute Gasteiger partial charge is 0.481 e. The molecule has 0 aliphatic rings. The molecule has 18 heavy (non-hydrogen) atoms. The maximum absolute atomic E-state index is 13.1. The molecule has 8 heteroatoms. The molecule has 0 unspecified atom stereocenters. The highest BCUT2D eigenvalue weighted by atomic mass is 35.5. The monoisotopic (exact) mass is 294 g/mol. The van der Waals surface area contributed by atoms with Gasteiger partial charge in [-0.3, -0.25) is 9.59 Å². The van der Waals surface area contributed by atoms with Gasteiger partial charge < -0.3 is 9.84 Å². The summed E-state index contributed by atoms with van der Waals surface area (Å²) in [7, 11) is 0. The number of ether oxygens (including phenoxy) is 1. The van der Waals surface area contributed by atoms with E-state index in [1.54, 1.807) is 0 Å². The number of aliphatic carboxylic acids is 1. The summed E-state index contributed by atoms with van der Waals surface area (Å²) in [5, 5.41) is 7.78. The summed E-state index contributed by atoms with van der Waals surface area (Å²) in [5.74, 6) is -4.90. The molecule has 0 saturated carbocycles. The standard InChI is InChI=1S/C10H5Cl2FO5/c11-5-2-6(12)7(13)1-4(5)10(17)18-9(16)3-8(14)15/h1-2H,3H2,(H,14,15). The minimum atomic E-state index is -1.46. The van der Waals surface area contributed by atoms with E-state index in [-0.39, 0.29) is 10.0 Å². The van der Waals surface area contributed by atoms with Gasteiger partial charge in [0.2, 0.25) is 0 Å². The van der Waals surface area contributed by atoms with Crippen LogP contribution in [-0.4, -0.2) is 23.0 Å². The Labute approximate surface area is 110 Å². The highest BCUT2D eigenvalue weighted by Crippen LogP contribution is 2.24. The fourth-order valence-electron chi connectivity index (χ4n) is 0.997. The number of carboxylic acids is 1. The number of halogens is 3. The number of carbonyl (C=O) groups excluding carboxylic acids is 2. The Hall–Kier alpha value is -1.66. The molecule has 0 aliphatic heterocycles. The molecule has 0 saturated heterocycles. The SMILES string of the molecule is O=C(O)CC(=O)OC(=O)c1cc(F)c(Cl)cc1Cl. The van der Waals surface area contributed by atoms with Crippen molar-refractivity contribution in [2.45, 2.75) is 6.42 Å². The molecule has 0 spiro atoms. The van der Waals surface area contributed by atoms with E-state index in [0.29, 0.717) is 6.07 Å². The van der Waals surface area contributed by atoms with E-state index in [2.05, 4.69) is 4.74 Å². The molecule has 0 atom stereocenters. The first kappa shape index (κ1) is 14.4. The number of hydrogen-bond donors (Lipinski definition) is 1. The third kappa shape index (κ3) is 3.68. The molecule has 1 aromatic rings. The van der Waals surface area contributed by atoms with Crippen LogP contribution in [0.5, 0.6) is 0 Å². The highest BCUT2D eigenvalue weighted by molar-refractivity contribution is 6.36. The first-order chi connectivity index (χ1) is 8.31. The summed E-state index contributed by atoms with van der Waals surface area (Å²) >= 11 is 11.0. The number of hydrogen-bond acceptors (Lipinski definition) is 4. The van der Waals surface area contributed by atoms with Crippen LogP contribution in [0.2, 0.25) is 10.0 Å². The van der Waals surface area contributed by atoms with Gasteiger partial charge in [-0.15, -0.1) is 0 Å². The molecule has 0 bridgehead atoms. The van der Waals surface area contributed by atoms with Gasteiger partial charge in [0.25, 0.3) is 0 Å². The number of benzene rings is 1. The molecule has 96 valence electrons. The van der Waals surface area contributed by atoms with Crippen molar-refractivity contribution in [1.82, 2.24) is 0 Å². The summed E-state index contributed by atoms with van der Waals surface area (Å²) in [4.78, 5) is 32.5. The van der Waals surface area contributed by atoms with Gasteiger partial charge in [0, 0.05) is 0 Å². The van der Waals surface area contributed by atoms with Gasteiger partial charge in [0.05, 0.1) is 15.6 Å². The summed E-state index contributed by atoms with van der Waals surface area (Å²) in [5.41, 5.74) is -0.419. The van der Waals surface area contributed by atoms with Crippen molar-refractivity contribution in [3.05, 3.63) is 33.6 Å². The lowest BCUT2D eigenvalue weighted by molar-refractivity contribution is -0.147. The van der Waals surface area contributed by atoms with Gasteiger partial charge in [-0.25, -0.2) is 9.18 Å². The fourth-order valence-corrected chi connectivity index (χ4v) is 1.46. The summed E-state index contributed by atoms with van der Waals surface area (Å²) in [6, 6.07) is 1.66. The van der Waals surface area contributed by atoms with Crippen LogP contribution in [0.3, 0.4) is 0 Å². The molecule has 1 aromatic carbocycles. The summed E-state index contributed by atoms with van der Waals surface area (Å²) in [6.45, 7) is 0. The normalized spacial score (nSPS) is 9.94. The average molecular weight is 295 g/mol. The number of carboxylic acid groups (broad SMARTS) is 1. The van der Waals surface area contributed by atoms with Crippen LogP contribution < -0.4 is 0 Å². The second kappa shape index (κ2) is 5.79. The first-order valence-corrected chi connectivity index (χ1v) is 5.18. The Kier molecular flexibility index (Phi) is 4.63. The van der Waals surface area contributed by atoms with Crippen molar-refractivity contribution >= 4 is 41.1 Å². The molecule has 0 fully saturated rings. The third-order valence-electron chi connectivity index (χ3n) is 1.73. The Morgan fingerprint density at radius 1 is 1.22 bits per heavy atom.